The van der Waals surface area contributed by atoms with Crippen LogP contribution in [-0.4, -0.2) is 12.4 Å². The number of ether oxygens (including phenoxy) is 1. The van der Waals surface area contributed by atoms with Crippen molar-refractivity contribution >= 4 is 22.7 Å². The van der Waals surface area contributed by atoms with Crippen LogP contribution in [0, 0.1) is 6.92 Å². The van der Waals surface area contributed by atoms with E-state index < -0.39 is 0 Å². The summed E-state index contributed by atoms with van der Waals surface area (Å²) in [4.78, 5) is 12.9. The molecular weight excluding hydrogens is 296 g/mol. The Labute approximate surface area is 132 Å². The smallest absolute Gasteiger partial charge is 0.192 e. The molecule has 112 valence electrons. The van der Waals surface area contributed by atoms with Gasteiger partial charge in [0.25, 0.3) is 0 Å². The molecule has 0 amide bonds. The van der Waals surface area contributed by atoms with Crippen molar-refractivity contribution in [2.45, 2.75) is 11.8 Å². The van der Waals surface area contributed by atoms with Gasteiger partial charge in [-0.1, -0.05) is 17.7 Å². The van der Waals surface area contributed by atoms with Crippen molar-refractivity contribution in [3.63, 3.8) is 0 Å². The van der Waals surface area contributed by atoms with Gasteiger partial charge in [-0.2, -0.15) is 0 Å². The molecule has 0 aliphatic carbocycles. The third-order valence-electron chi connectivity index (χ3n) is 3.27. The molecule has 0 aliphatic heterocycles. The van der Waals surface area contributed by atoms with Gasteiger partial charge < -0.3 is 9.15 Å². The topological polar surface area (TPSA) is 39.4 Å². The van der Waals surface area contributed by atoms with Crippen LogP contribution in [-0.2, 0) is 0 Å². The predicted octanol–water partition coefficient (Wildman–Crippen LogP) is 4.27. The van der Waals surface area contributed by atoms with Crippen LogP contribution in [0.1, 0.15) is 5.56 Å². The maximum Gasteiger partial charge on any atom is 0.192 e. The second-order valence-corrected chi connectivity index (χ2v) is 6.12. The fourth-order valence-electron chi connectivity index (χ4n) is 2.11. The first kappa shape index (κ1) is 14.7. The zero-order chi connectivity index (χ0) is 15.4. The first-order chi connectivity index (χ1) is 10.7. The SMILES string of the molecule is Cc1ccc(SCCOc2ccc3c(=O)ccoc3c2)cc1. The quantitative estimate of drug-likeness (QED) is 0.521. The van der Waals surface area contributed by atoms with Gasteiger partial charge in [0.05, 0.1) is 18.3 Å². The van der Waals surface area contributed by atoms with E-state index in [1.54, 1.807) is 30.0 Å². The third-order valence-corrected chi connectivity index (χ3v) is 4.25. The summed E-state index contributed by atoms with van der Waals surface area (Å²) in [6, 6.07) is 15.2. The standard InChI is InChI=1S/C18H16O3S/c1-13-2-5-15(6-3-13)22-11-10-20-14-4-7-16-17(19)8-9-21-18(16)12-14/h2-9,12H,10-11H2,1H3. The minimum Gasteiger partial charge on any atom is -0.493 e. The molecule has 0 saturated carbocycles. The molecule has 2 aromatic carbocycles. The molecule has 0 fully saturated rings. The highest BCUT2D eigenvalue weighted by Crippen LogP contribution is 2.20. The van der Waals surface area contributed by atoms with Gasteiger partial charge in [0, 0.05) is 22.8 Å². The van der Waals surface area contributed by atoms with Crippen LogP contribution >= 0.6 is 11.8 Å². The summed E-state index contributed by atoms with van der Waals surface area (Å²) in [6.45, 7) is 2.68. The minimum absolute atomic E-state index is 0.0391. The molecule has 0 atom stereocenters. The van der Waals surface area contributed by atoms with Crippen LogP contribution in [0.15, 0.2) is 68.9 Å². The summed E-state index contributed by atoms with van der Waals surface area (Å²) in [7, 11) is 0. The summed E-state index contributed by atoms with van der Waals surface area (Å²) in [5.74, 6) is 1.58. The van der Waals surface area contributed by atoms with Gasteiger partial charge in [-0.25, -0.2) is 0 Å². The highest BCUT2D eigenvalue weighted by Gasteiger charge is 2.02. The van der Waals surface area contributed by atoms with E-state index in [2.05, 4.69) is 31.2 Å². The largest absolute Gasteiger partial charge is 0.493 e. The molecule has 0 N–H and O–H groups in total. The van der Waals surface area contributed by atoms with Crippen LogP contribution in [0.2, 0.25) is 0 Å². The second kappa shape index (κ2) is 6.71. The summed E-state index contributed by atoms with van der Waals surface area (Å²) < 4.78 is 11.1. The fraction of sp³-hybridized carbons (Fsp3) is 0.167. The molecule has 0 bridgehead atoms. The van der Waals surface area contributed by atoms with Gasteiger partial charge >= 0.3 is 0 Å². The first-order valence-electron chi connectivity index (χ1n) is 7.06. The van der Waals surface area contributed by atoms with Crippen molar-refractivity contribution in [3.05, 3.63) is 70.6 Å². The molecule has 1 aromatic heterocycles. The zero-order valence-electron chi connectivity index (χ0n) is 12.2. The molecule has 0 spiro atoms. The van der Waals surface area contributed by atoms with Gasteiger partial charge in [-0.3, -0.25) is 4.79 Å². The Balaban J connectivity index is 1.57. The predicted molar refractivity (Wildman–Crippen MR) is 89.9 cm³/mol. The minimum atomic E-state index is -0.0391. The molecule has 0 saturated heterocycles. The molecule has 0 radical (unpaired) electrons. The summed E-state index contributed by atoms with van der Waals surface area (Å²) in [5, 5.41) is 0.573. The Morgan fingerprint density at radius 2 is 1.91 bits per heavy atom. The van der Waals surface area contributed by atoms with Crippen molar-refractivity contribution in [1.29, 1.82) is 0 Å². The summed E-state index contributed by atoms with van der Waals surface area (Å²) in [6.07, 6.45) is 1.40. The van der Waals surface area contributed by atoms with E-state index in [-0.39, 0.29) is 5.43 Å². The lowest BCUT2D eigenvalue weighted by molar-refractivity contribution is 0.344. The van der Waals surface area contributed by atoms with E-state index in [9.17, 15) is 4.79 Å². The Morgan fingerprint density at radius 3 is 2.73 bits per heavy atom. The molecular formula is C18H16O3S. The lowest BCUT2D eigenvalue weighted by Gasteiger charge is -2.07. The molecule has 1 heterocycles. The third kappa shape index (κ3) is 3.52. The van der Waals surface area contributed by atoms with Crippen molar-refractivity contribution in [2.75, 3.05) is 12.4 Å². The second-order valence-electron chi connectivity index (χ2n) is 4.95. The van der Waals surface area contributed by atoms with Crippen LogP contribution in [0.25, 0.3) is 11.0 Å². The number of rotatable bonds is 5. The molecule has 3 rings (SSSR count). The Morgan fingerprint density at radius 1 is 1.09 bits per heavy atom. The number of thioether (sulfide) groups is 1. The van der Waals surface area contributed by atoms with Gasteiger partial charge in [0.1, 0.15) is 11.3 Å². The van der Waals surface area contributed by atoms with E-state index in [4.69, 9.17) is 9.15 Å². The normalized spacial score (nSPS) is 10.8. The zero-order valence-corrected chi connectivity index (χ0v) is 13.1. The number of fused-ring (bicyclic) bond motifs is 1. The van der Waals surface area contributed by atoms with Gasteiger partial charge in [0.2, 0.25) is 0 Å². The molecule has 3 aromatic rings. The Bertz CT molecular complexity index is 822. The van der Waals surface area contributed by atoms with E-state index in [1.165, 1.54) is 22.8 Å². The van der Waals surface area contributed by atoms with E-state index in [0.717, 1.165) is 5.75 Å². The number of hydrogen-bond acceptors (Lipinski definition) is 4. The Kier molecular flexibility index (Phi) is 4.49. The van der Waals surface area contributed by atoms with E-state index >= 15 is 0 Å². The average molecular weight is 312 g/mol. The molecule has 0 aliphatic rings. The van der Waals surface area contributed by atoms with Crippen LogP contribution in [0.4, 0.5) is 0 Å². The lowest BCUT2D eigenvalue weighted by atomic mass is 10.2. The van der Waals surface area contributed by atoms with Crippen molar-refractivity contribution in [1.82, 2.24) is 0 Å². The van der Waals surface area contributed by atoms with Crippen molar-refractivity contribution in [2.24, 2.45) is 0 Å². The van der Waals surface area contributed by atoms with Gasteiger partial charge in [-0.05, 0) is 31.2 Å². The monoisotopic (exact) mass is 312 g/mol. The average Bonchev–Trinajstić information content (AvgIpc) is 2.53. The van der Waals surface area contributed by atoms with E-state index in [0.29, 0.717) is 23.3 Å². The number of benzene rings is 2. The highest BCUT2D eigenvalue weighted by molar-refractivity contribution is 7.99. The van der Waals surface area contributed by atoms with Crippen molar-refractivity contribution < 1.29 is 9.15 Å². The maximum atomic E-state index is 11.6. The van der Waals surface area contributed by atoms with Crippen LogP contribution < -0.4 is 10.2 Å². The summed E-state index contributed by atoms with van der Waals surface area (Å²) in [5.41, 5.74) is 1.78. The number of hydrogen-bond donors (Lipinski definition) is 0. The fourth-order valence-corrected chi connectivity index (χ4v) is 2.84. The summed E-state index contributed by atoms with van der Waals surface area (Å²) >= 11 is 1.76. The molecule has 0 unspecified atom stereocenters. The van der Waals surface area contributed by atoms with Gasteiger partial charge in [0.15, 0.2) is 5.43 Å². The molecule has 22 heavy (non-hydrogen) atoms. The highest BCUT2D eigenvalue weighted by atomic mass is 32.2. The van der Waals surface area contributed by atoms with E-state index in [1.807, 2.05) is 0 Å². The van der Waals surface area contributed by atoms with Crippen LogP contribution in [0.3, 0.4) is 0 Å². The maximum absolute atomic E-state index is 11.6. The van der Waals surface area contributed by atoms with Gasteiger partial charge in [-0.15, -0.1) is 11.8 Å². The van der Waals surface area contributed by atoms with Crippen LogP contribution in [0.5, 0.6) is 5.75 Å². The first-order valence-corrected chi connectivity index (χ1v) is 8.05. The molecule has 4 heteroatoms. The Hall–Kier alpha value is -2.20. The molecule has 3 nitrogen and oxygen atoms in total. The lowest BCUT2D eigenvalue weighted by Crippen LogP contribution is -2.01. The number of aryl methyl sites for hydroxylation is 1. The van der Waals surface area contributed by atoms with Crippen molar-refractivity contribution in [3.8, 4) is 5.75 Å².